The van der Waals surface area contributed by atoms with E-state index in [1.54, 1.807) is 18.2 Å². The van der Waals surface area contributed by atoms with Gasteiger partial charge in [0.2, 0.25) is 0 Å². The van der Waals surface area contributed by atoms with Gasteiger partial charge in [0.1, 0.15) is 5.82 Å². The Bertz CT molecular complexity index is 1170. The molecule has 1 aliphatic heterocycles. The van der Waals surface area contributed by atoms with Crippen molar-refractivity contribution in [1.29, 1.82) is 0 Å². The lowest BCUT2D eigenvalue weighted by Crippen LogP contribution is -2.25. The summed E-state index contributed by atoms with van der Waals surface area (Å²) in [5.74, 6) is 0.362. The van der Waals surface area contributed by atoms with E-state index in [1.165, 1.54) is 29.5 Å². The molecule has 1 aromatic heterocycles. The smallest absolute Gasteiger partial charge is 0.191 e. The van der Waals surface area contributed by atoms with Crippen LogP contribution in [-0.4, -0.2) is 32.8 Å². The molecule has 1 atom stereocenters. The zero-order valence-corrected chi connectivity index (χ0v) is 19.1. The molecule has 0 saturated carbocycles. The van der Waals surface area contributed by atoms with Crippen molar-refractivity contribution >= 4 is 23.2 Å². The number of carbonyl (C=O) groups is 1. The Labute approximate surface area is 186 Å². The van der Waals surface area contributed by atoms with Crippen LogP contribution in [0.3, 0.4) is 0 Å². The van der Waals surface area contributed by atoms with Crippen molar-refractivity contribution in [3.05, 3.63) is 71.7 Å². The number of rotatable bonds is 5. The molecular weight excluding hydrogens is 411 g/mol. The van der Waals surface area contributed by atoms with Gasteiger partial charge in [-0.2, -0.15) is 0 Å². The van der Waals surface area contributed by atoms with Crippen LogP contribution in [0.2, 0.25) is 0 Å². The number of anilines is 1. The normalized spacial score (nSPS) is 17.1. The fourth-order valence-corrected chi connectivity index (χ4v) is 4.83. The number of thioether (sulfide) groups is 1. The molecule has 0 radical (unpaired) electrons. The van der Waals surface area contributed by atoms with Crippen molar-refractivity contribution in [1.82, 2.24) is 14.8 Å². The van der Waals surface area contributed by atoms with Gasteiger partial charge in [-0.25, -0.2) is 4.39 Å². The number of aromatic nitrogens is 3. The van der Waals surface area contributed by atoms with Gasteiger partial charge in [-0.3, -0.25) is 4.79 Å². The summed E-state index contributed by atoms with van der Waals surface area (Å²) in [6.45, 7) is 6.17. The Morgan fingerprint density at radius 3 is 2.45 bits per heavy atom. The first kappa shape index (κ1) is 21.3. The average Bonchev–Trinajstić information content (AvgIpc) is 3.19. The number of hydrogen-bond acceptors (Lipinski definition) is 5. The first-order chi connectivity index (χ1) is 14.7. The van der Waals surface area contributed by atoms with Gasteiger partial charge in [-0.15, -0.1) is 10.2 Å². The molecule has 31 heavy (non-hydrogen) atoms. The third-order valence-electron chi connectivity index (χ3n) is 5.84. The predicted octanol–water partition coefficient (Wildman–Crippen LogP) is 4.98. The van der Waals surface area contributed by atoms with Crippen LogP contribution in [0.25, 0.3) is 11.4 Å². The zero-order chi connectivity index (χ0) is 22.3. The lowest BCUT2D eigenvalue weighted by atomic mass is 9.83. The van der Waals surface area contributed by atoms with E-state index >= 15 is 0 Å². The van der Waals surface area contributed by atoms with Crippen molar-refractivity contribution in [3.8, 4) is 11.4 Å². The molecule has 0 aliphatic carbocycles. The third-order valence-corrected chi connectivity index (χ3v) is 6.99. The van der Waals surface area contributed by atoms with Crippen LogP contribution in [0.15, 0.2) is 65.5 Å². The molecule has 0 N–H and O–H groups in total. The summed E-state index contributed by atoms with van der Waals surface area (Å²) < 4.78 is 15.0. The number of para-hydroxylation sites is 1. The molecule has 2 heterocycles. The first-order valence-corrected chi connectivity index (χ1v) is 11.0. The molecule has 2 aromatic carbocycles. The molecule has 0 bridgehead atoms. The number of nitrogens with zero attached hydrogens (tertiary/aromatic N) is 4. The second-order valence-corrected chi connectivity index (χ2v) is 9.57. The van der Waals surface area contributed by atoms with Crippen LogP contribution in [0, 0.1) is 5.82 Å². The zero-order valence-electron chi connectivity index (χ0n) is 18.3. The highest BCUT2D eigenvalue weighted by atomic mass is 32.2. The predicted molar refractivity (Wildman–Crippen MR) is 123 cm³/mol. The molecule has 5 nitrogen and oxygen atoms in total. The van der Waals surface area contributed by atoms with Gasteiger partial charge in [0, 0.05) is 42.5 Å². The number of benzene rings is 2. The Kier molecular flexibility index (Phi) is 5.47. The van der Waals surface area contributed by atoms with E-state index in [2.05, 4.69) is 41.1 Å². The summed E-state index contributed by atoms with van der Waals surface area (Å²) in [6, 6.07) is 14.4. The van der Waals surface area contributed by atoms with E-state index in [-0.39, 0.29) is 22.3 Å². The highest BCUT2D eigenvalue weighted by molar-refractivity contribution is 8.00. The van der Waals surface area contributed by atoms with E-state index in [0.717, 1.165) is 16.9 Å². The summed E-state index contributed by atoms with van der Waals surface area (Å²) >= 11 is 1.37. The number of likely N-dealkylation sites (N-methyl/N-ethyl adjacent to an activating group) is 1. The topological polar surface area (TPSA) is 51.0 Å². The maximum Gasteiger partial charge on any atom is 0.191 e. The Balaban J connectivity index is 1.54. The Morgan fingerprint density at radius 1 is 1.10 bits per heavy atom. The number of hydrogen-bond donors (Lipinski definition) is 0. The fraction of sp³-hybridized carbons (Fsp3) is 0.292. The minimum atomic E-state index is -0.329. The highest BCUT2D eigenvalue weighted by Crippen LogP contribution is 2.46. The largest absolute Gasteiger partial charge is 0.347 e. The third kappa shape index (κ3) is 3.78. The minimum Gasteiger partial charge on any atom is -0.347 e. The van der Waals surface area contributed by atoms with Crippen molar-refractivity contribution in [2.45, 2.75) is 36.6 Å². The molecule has 7 heteroatoms. The van der Waals surface area contributed by atoms with Crippen molar-refractivity contribution in [3.63, 3.8) is 0 Å². The number of ketones is 1. The second-order valence-electron chi connectivity index (χ2n) is 8.27. The summed E-state index contributed by atoms with van der Waals surface area (Å²) in [5.41, 5.74) is 3.86. The van der Waals surface area contributed by atoms with Gasteiger partial charge < -0.3 is 9.47 Å². The summed E-state index contributed by atoms with van der Waals surface area (Å²) in [5, 5.41) is 8.78. The Hall–Kier alpha value is -2.93. The highest BCUT2D eigenvalue weighted by Gasteiger charge is 2.38. The fourth-order valence-electron chi connectivity index (χ4n) is 4.00. The molecule has 0 spiro atoms. The van der Waals surface area contributed by atoms with Crippen molar-refractivity contribution in [2.75, 3.05) is 11.9 Å². The van der Waals surface area contributed by atoms with Crippen LogP contribution in [0.1, 0.15) is 26.3 Å². The first-order valence-electron chi connectivity index (χ1n) is 10.1. The maximum atomic E-state index is 13.2. The van der Waals surface area contributed by atoms with Gasteiger partial charge in [0.25, 0.3) is 0 Å². The molecule has 1 aliphatic rings. The van der Waals surface area contributed by atoms with Gasteiger partial charge >= 0.3 is 0 Å². The summed E-state index contributed by atoms with van der Waals surface area (Å²) in [4.78, 5) is 15.2. The molecule has 1 unspecified atom stereocenters. The molecule has 0 fully saturated rings. The lowest BCUT2D eigenvalue weighted by Gasteiger charge is -2.24. The van der Waals surface area contributed by atoms with E-state index in [9.17, 15) is 9.18 Å². The van der Waals surface area contributed by atoms with Gasteiger partial charge in [0.15, 0.2) is 16.8 Å². The molecule has 160 valence electrons. The average molecular weight is 437 g/mol. The summed E-state index contributed by atoms with van der Waals surface area (Å²) in [6.07, 6.45) is 1.76. The van der Waals surface area contributed by atoms with Gasteiger partial charge in [-0.1, -0.05) is 43.8 Å². The van der Waals surface area contributed by atoms with Crippen LogP contribution in [0.4, 0.5) is 10.1 Å². The van der Waals surface area contributed by atoms with Crippen LogP contribution in [-0.2, 0) is 17.3 Å². The van der Waals surface area contributed by atoms with Crippen LogP contribution >= 0.6 is 11.8 Å². The lowest BCUT2D eigenvalue weighted by molar-refractivity contribution is -0.114. The monoisotopic (exact) mass is 436 g/mol. The van der Waals surface area contributed by atoms with Crippen molar-refractivity contribution < 1.29 is 9.18 Å². The standard InChI is InChI=1S/C24H25FN4OS/c1-15(31-23-27-26-22(29(23)5)16-10-12-17(25)13-11-16)20(30)14-21-24(2,3)18-8-6-7-9-19(18)28(21)4/h6-15H,1-5H3/b21-14-. The number of carbonyl (C=O) groups excluding carboxylic acids is 1. The summed E-state index contributed by atoms with van der Waals surface area (Å²) in [7, 11) is 3.85. The van der Waals surface area contributed by atoms with Gasteiger partial charge in [-0.05, 0) is 42.8 Å². The number of fused-ring (bicyclic) bond motifs is 1. The Morgan fingerprint density at radius 2 is 1.77 bits per heavy atom. The maximum absolute atomic E-state index is 13.2. The number of allylic oxidation sites excluding steroid dienone is 2. The quantitative estimate of drug-likeness (QED) is 0.417. The van der Waals surface area contributed by atoms with Crippen LogP contribution < -0.4 is 4.90 Å². The van der Waals surface area contributed by atoms with Crippen LogP contribution in [0.5, 0.6) is 0 Å². The molecule has 3 aromatic rings. The molecule has 0 saturated heterocycles. The van der Waals surface area contributed by atoms with Crippen molar-refractivity contribution in [2.24, 2.45) is 7.05 Å². The second kappa shape index (κ2) is 7.96. The van der Waals surface area contributed by atoms with E-state index < -0.39 is 0 Å². The van der Waals surface area contributed by atoms with E-state index in [1.807, 2.05) is 37.7 Å². The molecule has 0 amide bonds. The number of halogens is 1. The van der Waals surface area contributed by atoms with Gasteiger partial charge in [0.05, 0.1) is 5.25 Å². The molecular formula is C24H25FN4OS. The van der Waals surface area contributed by atoms with E-state index in [4.69, 9.17) is 0 Å². The SMILES string of the molecule is CC(Sc1nnc(-c2ccc(F)cc2)n1C)C(=O)/C=C1\N(C)c2ccccc2C1(C)C. The van der Waals surface area contributed by atoms with E-state index in [0.29, 0.717) is 11.0 Å². The minimum absolute atomic E-state index is 0.0269. The molecule has 4 rings (SSSR count).